The van der Waals surface area contributed by atoms with E-state index in [1.807, 2.05) is 0 Å². The summed E-state index contributed by atoms with van der Waals surface area (Å²) in [6.45, 7) is 5.40. The van der Waals surface area contributed by atoms with E-state index in [1.54, 1.807) is 6.08 Å². The van der Waals surface area contributed by atoms with Crippen molar-refractivity contribution in [1.29, 1.82) is 0 Å². The molecule has 54 valence electrons. The minimum Gasteiger partial charge on any atom is -0.381 e. The number of hydrogen-bond donors (Lipinski definition) is 1. The predicted molar refractivity (Wildman–Crippen MR) is 44.1 cm³/mol. The molecule has 0 atom stereocenters. The SMILES string of the molecule is C1CCOC1.C=CCS. The molecule has 1 rings (SSSR count). The maximum Gasteiger partial charge on any atom is 0.0466 e. The van der Waals surface area contributed by atoms with E-state index in [9.17, 15) is 0 Å². The third kappa shape index (κ3) is 8.05. The van der Waals surface area contributed by atoms with Crippen LogP contribution in [-0.2, 0) is 4.74 Å². The van der Waals surface area contributed by atoms with E-state index in [2.05, 4.69) is 19.2 Å². The molecular formula is C7H14OS. The molecule has 0 aromatic carbocycles. The fourth-order valence-corrected chi connectivity index (χ4v) is 0.510. The first-order chi connectivity index (χ1) is 4.41. The predicted octanol–water partition coefficient (Wildman–Crippen LogP) is 1.90. The first-order valence-corrected chi connectivity index (χ1v) is 3.84. The summed E-state index contributed by atoms with van der Waals surface area (Å²) in [5.41, 5.74) is 0. The molecule has 0 aromatic rings. The normalized spacial score (nSPS) is 16.1. The van der Waals surface area contributed by atoms with Crippen LogP contribution in [0.4, 0.5) is 0 Å². The highest BCUT2D eigenvalue weighted by Gasteiger charge is 1.94. The van der Waals surface area contributed by atoms with Gasteiger partial charge in [-0.05, 0) is 12.8 Å². The minimum absolute atomic E-state index is 0.778. The minimum atomic E-state index is 0.778. The molecule has 1 heterocycles. The van der Waals surface area contributed by atoms with Gasteiger partial charge >= 0.3 is 0 Å². The van der Waals surface area contributed by atoms with Crippen LogP contribution in [-0.4, -0.2) is 19.0 Å². The summed E-state index contributed by atoms with van der Waals surface area (Å²) in [5, 5.41) is 0. The molecule has 2 heteroatoms. The molecule has 1 saturated heterocycles. The second-order valence-electron chi connectivity index (χ2n) is 1.79. The molecule has 9 heavy (non-hydrogen) atoms. The first kappa shape index (κ1) is 9.05. The lowest BCUT2D eigenvalue weighted by Crippen LogP contribution is -1.74. The maximum atomic E-state index is 4.94. The van der Waals surface area contributed by atoms with E-state index < -0.39 is 0 Å². The average molecular weight is 146 g/mol. The molecule has 0 N–H and O–H groups in total. The highest BCUT2D eigenvalue weighted by molar-refractivity contribution is 7.80. The molecular weight excluding hydrogens is 132 g/mol. The smallest absolute Gasteiger partial charge is 0.0466 e. The van der Waals surface area contributed by atoms with Gasteiger partial charge in [0.15, 0.2) is 0 Å². The van der Waals surface area contributed by atoms with Crippen LogP contribution in [0.25, 0.3) is 0 Å². The van der Waals surface area contributed by atoms with Gasteiger partial charge in [0, 0.05) is 19.0 Å². The number of ether oxygens (including phenoxy) is 1. The number of hydrogen-bond acceptors (Lipinski definition) is 2. The van der Waals surface area contributed by atoms with Gasteiger partial charge in [-0.15, -0.1) is 6.58 Å². The van der Waals surface area contributed by atoms with E-state index in [1.165, 1.54) is 12.8 Å². The Hall–Kier alpha value is 0.0500. The Kier molecular flexibility index (Phi) is 8.09. The molecule has 0 radical (unpaired) electrons. The third-order valence-electron chi connectivity index (χ3n) is 0.956. The summed E-state index contributed by atoms with van der Waals surface area (Å²) in [4.78, 5) is 0. The van der Waals surface area contributed by atoms with Crippen LogP contribution in [0.2, 0.25) is 0 Å². The van der Waals surface area contributed by atoms with Crippen molar-refractivity contribution < 1.29 is 4.74 Å². The van der Waals surface area contributed by atoms with Gasteiger partial charge in [0.1, 0.15) is 0 Å². The van der Waals surface area contributed by atoms with Crippen molar-refractivity contribution in [3.05, 3.63) is 12.7 Å². The monoisotopic (exact) mass is 146 g/mol. The van der Waals surface area contributed by atoms with Gasteiger partial charge in [0.2, 0.25) is 0 Å². The van der Waals surface area contributed by atoms with Gasteiger partial charge in [-0.2, -0.15) is 12.6 Å². The van der Waals surface area contributed by atoms with Crippen molar-refractivity contribution in [3.8, 4) is 0 Å². The van der Waals surface area contributed by atoms with Crippen molar-refractivity contribution in [1.82, 2.24) is 0 Å². The highest BCUT2D eigenvalue weighted by Crippen LogP contribution is 1.98. The Labute approximate surface area is 62.5 Å². The summed E-state index contributed by atoms with van der Waals surface area (Å²) in [6.07, 6.45) is 4.29. The lowest BCUT2D eigenvalue weighted by molar-refractivity contribution is 0.198. The van der Waals surface area contributed by atoms with Crippen molar-refractivity contribution in [2.45, 2.75) is 12.8 Å². The van der Waals surface area contributed by atoms with Crippen molar-refractivity contribution in [3.63, 3.8) is 0 Å². The quantitative estimate of drug-likeness (QED) is 0.439. The fourth-order valence-electron chi connectivity index (χ4n) is 0.510. The molecule has 1 aliphatic rings. The van der Waals surface area contributed by atoms with Crippen LogP contribution < -0.4 is 0 Å². The lowest BCUT2D eigenvalue weighted by Gasteiger charge is -1.76. The number of rotatable bonds is 1. The van der Waals surface area contributed by atoms with E-state index in [0.717, 1.165) is 19.0 Å². The van der Waals surface area contributed by atoms with Crippen LogP contribution in [0.3, 0.4) is 0 Å². The van der Waals surface area contributed by atoms with Gasteiger partial charge in [0.25, 0.3) is 0 Å². The summed E-state index contributed by atoms with van der Waals surface area (Å²) in [6, 6.07) is 0. The van der Waals surface area contributed by atoms with E-state index in [4.69, 9.17) is 4.74 Å². The van der Waals surface area contributed by atoms with Crippen LogP contribution in [0, 0.1) is 0 Å². The zero-order valence-electron chi connectivity index (χ0n) is 5.68. The van der Waals surface area contributed by atoms with Crippen molar-refractivity contribution in [2.75, 3.05) is 19.0 Å². The van der Waals surface area contributed by atoms with E-state index >= 15 is 0 Å². The molecule has 0 spiro atoms. The summed E-state index contributed by atoms with van der Waals surface area (Å²) in [5.74, 6) is 0.778. The summed E-state index contributed by atoms with van der Waals surface area (Å²) < 4.78 is 4.94. The van der Waals surface area contributed by atoms with Crippen LogP contribution in [0.1, 0.15) is 12.8 Å². The maximum absolute atomic E-state index is 4.94. The fraction of sp³-hybridized carbons (Fsp3) is 0.714. The molecule has 0 saturated carbocycles. The molecule has 1 aliphatic heterocycles. The molecule has 0 bridgehead atoms. The van der Waals surface area contributed by atoms with Crippen molar-refractivity contribution >= 4 is 12.6 Å². The highest BCUT2D eigenvalue weighted by atomic mass is 32.1. The molecule has 0 unspecified atom stereocenters. The Morgan fingerprint density at radius 3 is 2.00 bits per heavy atom. The van der Waals surface area contributed by atoms with Crippen LogP contribution >= 0.6 is 12.6 Å². The zero-order chi connectivity index (χ0) is 6.95. The Morgan fingerprint density at radius 1 is 1.44 bits per heavy atom. The standard InChI is InChI=1S/C4H8O.C3H6S/c1-2-4-5-3-1;1-2-3-4/h1-4H2;2,4H,1,3H2. The average Bonchev–Trinajstić information content (AvgIpc) is 2.43. The lowest BCUT2D eigenvalue weighted by atomic mass is 10.4. The first-order valence-electron chi connectivity index (χ1n) is 3.21. The molecule has 1 fully saturated rings. The second-order valence-corrected chi connectivity index (χ2v) is 2.16. The van der Waals surface area contributed by atoms with Crippen LogP contribution in [0.5, 0.6) is 0 Å². The largest absolute Gasteiger partial charge is 0.381 e. The molecule has 0 aliphatic carbocycles. The van der Waals surface area contributed by atoms with E-state index in [-0.39, 0.29) is 0 Å². The van der Waals surface area contributed by atoms with Gasteiger partial charge in [0.05, 0.1) is 0 Å². The Bertz CT molecular complexity index is 52.3. The van der Waals surface area contributed by atoms with E-state index in [0.29, 0.717) is 0 Å². The molecule has 0 amide bonds. The zero-order valence-corrected chi connectivity index (χ0v) is 6.57. The van der Waals surface area contributed by atoms with Gasteiger partial charge < -0.3 is 4.74 Å². The van der Waals surface area contributed by atoms with Gasteiger partial charge in [-0.25, -0.2) is 0 Å². The van der Waals surface area contributed by atoms with Crippen LogP contribution in [0.15, 0.2) is 12.7 Å². The number of thiol groups is 1. The molecule has 1 nitrogen and oxygen atoms in total. The summed E-state index contributed by atoms with van der Waals surface area (Å²) in [7, 11) is 0. The molecule has 0 aromatic heterocycles. The Balaban J connectivity index is 0.000000148. The second kappa shape index (κ2) is 8.05. The van der Waals surface area contributed by atoms with Gasteiger partial charge in [-0.3, -0.25) is 0 Å². The van der Waals surface area contributed by atoms with Crippen molar-refractivity contribution in [2.24, 2.45) is 0 Å². The third-order valence-corrected chi connectivity index (χ3v) is 1.21. The summed E-state index contributed by atoms with van der Waals surface area (Å²) >= 11 is 3.80. The Morgan fingerprint density at radius 2 is 1.89 bits per heavy atom. The van der Waals surface area contributed by atoms with Gasteiger partial charge in [-0.1, -0.05) is 6.08 Å². The topological polar surface area (TPSA) is 9.23 Å².